The molecular formula is C17H17N7O2. The summed E-state index contributed by atoms with van der Waals surface area (Å²) in [7, 11) is 1.83. The van der Waals surface area contributed by atoms with Crippen LogP contribution in [0.15, 0.2) is 42.9 Å². The predicted octanol–water partition coefficient (Wildman–Crippen LogP) is 3.48. The molecular weight excluding hydrogens is 334 g/mol. The second-order valence-corrected chi connectivity index (χ2v) is 6.23. The van der Waals surface area contributed by atoms with E-state index in [9.17, 15) is 10.1 Å². The van der Waals surface area contributed by atoms with Crippen molar-refractivity contribution >= 4 is 28.8 Å². The zero-order valence-corrected chi connectivity index (χ0v) is 14.1. The monoisotopic (exact) mass is 351 g/mol. The van der Waals surface area contributed by atoms with Gasteiger partial charge in [-0.2, -0.15) is 10.1 Å². The molecule has 1 fully saturated rings. The highest BCUT2D eigenvalue weighted by Crippen LogP contribution is 2.43. The molecule has 1 aliphatic rings. The van der Waals surface area contributed by atoms with Crippen LogP contribution in [-0.2, 0) is 7.05 Å². The fourth-order valence-corrected chi connectivity index (χ4v) is 2.69. The summed E-state index contributed by atoms with van der Waals surface area (Å²) in [5.74, 6) is 1.54. The molecule has 0 radical (unpaired) electrons. The van der Waals surface area contributed by atoms with Crippen LogP contribution in [0.4, 0.5) is 28.8 Å². The van der Waals surface area contributed by atoms with E-state index in [1.165, 1.54) is 12.1 Å². The Kier molecular flexibility index (Phi) is 3.96. The molecule has 9 heteroatoms. The molecule has 4 rings (SSSR count). The smallest absolute Gasteiger partial charge is 0.271 e. The quantitative estimate of drug-likeness (QED) is 0.516. The summed E-state index contributed by atoms with van der Waals surface area (Å²) < 4.78 is 1.68. The first-order chi connectivity index (χ1) is 12.6. The van der Waals surface area contributed by atoms with Crippen LogP contribution in [0, 0.1) is 10.1 Å². The van der Waals surface area contributed by atoms with Gasteiger partial charge >= 0.3 is 0 Å². The van der Waals surface area contributed by atoms with E-state index < -0.39 is 4.92 Å². The molecule has 0 atom stereocenters. The van der Waals surface area contributed by atoms with Gasteiger partial charge in [0.05, 0.1) is 16.8 Å². The number of nitro groups is 1. The fraction of sp³-hybridized carbons (Fsp3) is 0.235. The van der Waals surface area contributed by atoms with Crippen LogP contribution in [0.1, 0.15) is 24.3 Å². The van der Waals surface area contributed by atoms with Crippen molar-refractivity contribution < 1.29 is 4.92 Å². The van der Waals surface area contributed by atoms with Crippen LogP contribution < -0.4 is 10.6 Å². The van der Waals surface area contributed by atoms with E-state index in [4.69, 9.17) is 0 Å². The van der Waals surface area contributed by atoms with E-state index in [2.05, 4.69) is 25.7 Å². The molecule has 26 heavy (non-hydrogen) atoms. The summed E-state index contributed by atoms with van der Waals surface area (Å²) >= 11 is 0. The highest BCUT2D eigenvalue weighted by atomic mass is 16.6. The van der Waals surface area contributed by atoms with Gasteiger partial charge < -0.3 is 10.6 Å². The molecule has 1 saturated carbocycles. The van der Waals surface area contributed by atoms with Gasteiger partial charge in [-0.05, 0) is 24.8 Å². The Hall–Kier alpha value is -3.49. The number of aryl methyl sites for hydroxylation is 1. The Morgan fingerprint density at radius 2 is 2.08 bits per heavy atom. The maximum Gasteiger partial charge on any atom is 0.271 e. The molecule has 0 saturated heterocycles. The van der Waals surface area contributed by atoms with E-state index in [0.29, 0.717) is 23.4 Å². The van der Waals surface area contributed by atoms with Gasteiger partial charge in [0.15, 0.2) is 0 Å². The summed E-state index contributed by atoms with van der Waals surface area (Å²) in [6, 6.07) is 6.38. The number of hydrogen-bond donors (Lipinski definition) is 2. The normalized spacial score (nSPS) is 13.4. The van der Waals surface area contributed by atoms with Crippen molar-refractivity contribution in [1.29, 1.82) is 0 Å². The van der Waals surface area contributed by atoms with Crippen molar-refractivity contribution in [3.05, 3.63) is 58.5 Å². The number of nitrogens with zero attached hydrogens (tertiary/aromatic N) is 5. The molecule has 0 spiro atoms. The Balaban J connectivity index is 1.63. The molecule has 3 aromatic rings. The zero-order valence-electron chi connectivity index (χ0n) is 14.1. The van der Waals surface area contributed by atoms with Gasteiger partial charge in [-0.25, -0.2) is 4.98 Å². The summed E-state index contributed by atoms with van der Waals surface area (Å²) in [6.45, 7) is 0. The van der Waals surface area contributed by atoms with Crippen molar-refractivity contribution in [1.82, 2.24) is 19.7 Å². The maximum atomic E-state index is 11.0. The molecule has 2 N–H and O–H groups in total. The molecule has 2 aromatic heterocycles. The number of benzene rings is 1. The lowest BCUT2D eigenvalue weighted by molar-refractivity contribution is -0.384. The average Bonchev–Trinajstić information content (AvgIpc) is 3.38. The van der Waals surface area contributed by atoms with Crippen LogP contribution in [0.5, 0.6) is 0 Å². The average molecular weight is 351 g/mol. The molecule has 0 unspecified atom stereocenters. The Morgan fingerprint density at radius 1 is 1.23 bits per heavy atom. The third kappa shape index (κ3) is 3.46. The minimum absolute atomic E-state index is 0.0331. The first-order valence-corrected chi connectivity index (χ1v) is 8.22. The minimum atomic E-state index is -0.414. The number of nitro benzene ring substituents is 1. The third-order valence-electron chi connectivity index (χ3n) is 4.11. The SMILES string of the molecule is Cn1cc(Nc2ncc(C3CC3)c(Nc3cccc([N+](=O)[O-])c3)n2)cn1. The molecule has 0 bridgehead atoms. The van der Waals surface area contributed by atoms with Gasteiger partial charge in [-0.1, -0.05) is 6.07 Å². The number of hydrogen-bond acceptors (Lipinski definition) is 7. The van der Waals surface area contributed by atoms with Crippen molar-refractivity contribution in [2.45, 2.75) is 18.8 Å². The second-order valence-electron chi connectivity index (χ2n) is 6.23. The number of anilines is 4. The zero-order chi connectivity index (χ0) is 18.1. The molecule has 9 nitrogen and oxygen atoms in total. The highest BCUT2D eigenvalue weighted by molar-refractivity contribution is 5.64. The fourth-order valence-electron chi connectivity index (χ4n) is 2.69. The first-order valence-electron chi connectivity index (χ1n) is 8.22. The van der Waals surface area contributed by atoms with Gasteiger partial charge in [0.2, 0.25) is 5.95 Å². The Labute approximate surface area is 149 Å². The van der Waals surface area contributed by atoms with Crippen LogP contribution in [0.25, 0.3) is 0 Å². The molecule has 2 heterocycles. The highest BCUT2D eigenvalue weighted by Gasteiger charge is 2.28. The lowest BCUT2D eigenvalue weighted by Gasteiger charge is -2.12. The first kappa shape index (κ1) is 16.0. The van der Waals surface area contributed by atoms with Crippen LogP contribution in [0.2, 0.25) is 0 Å². The predicted molar refractivity (Wildman–Crippen MR) is 96.9 cm³/mol. The largest absolute Gasteiger partial charge is 0.340 e. The van der Waals surface area contributed by atoms with Gasteiger partial charge in [0, 0.05) is 42.8 Å². The van der Waals surface area contributed by atoms with E-state index in [0.717, 1.165) is 24.1 Å². The number of aromatic nitrogens is 4. The van der Waals surface area contributed by atoms with Gasteiger partial charge in [-0.3, -0.25) is 14.8 Å². The number of rotatable bonds is 6. The Bertz CT molecular complexity index is 965. The van der Waals surface area contributed by atoms with E-state index >= 15 is 0 Å². The molecule has 1 aliphatic carbocycles. The molecule has 0 aliphatic heterocycles. The van der Waals surface area contributed by atoms with Crippen molar-refractivity contribution in [3.63, 3.8) is 0 Å². The maximum absolute atomic E-state index is 11.0. The van der Waals surface area contributed by atoms with Gasteiger partial charge in [0.1, 0.15) is 5.82 Å². The van der Waals surface area contributed by atoms with Crippen molar-refractivity contribution in [3.8, 4) is 0 Å². The van der Waals surface area contributed by atoms with Crippen molar-refractivity contribution in [2.75, 3.05) is 10.6 Å². The lowest BCUT2D eigenvalue weighted by Crippen LogP contribution is -2.04. The Morgan fingerprint density at radius 3 is 2.77 bits per heavy atom. The number of non-ortho nitro benzene ring substituents is 1. The van der Waals surface area contributed by atoms with E-state index in [1.54, 1.807) is 23.0 Å². The van der Waals surface area contributed by atoms with Crippen LogP contribution in [-0.4, -0.2) is 24.7 Å². The van der Waals surface area contributed by atoms with E-state index in [1.807, 2.05) is 19.4 Å². The molecule has 0 amide bonds. The second kappa shape index (κ2) is 6.43. The lowest BCUT2D eigenvalue weighted by atomic mass is 10.2. The standard InChI is InChI=1S/C17H17N7O2/c1-23-10-13(8-19-23)21-17-18-9-15(11-5-6-11)16(22-17)20-12-3-2-4-14(7-12)24(25)26/h2-4,7-11H,5-6H2,1H3,(H2,18,20,21,22). The summed E-state index contributed by atoms with van der Waals surface area (Å²) in [6.07, 6.45) is 7.52. The molecule has 132 valence electrons. The topological polar surface area (TPSA) is 111 Å². The number of nitrogens with one attached hydrogen (secondary N) is 2. The van der Waals surface area contributed by atoms with Crippen LogP contribution >= 0.6 is 0 Å². The van der Waals surface area contributed by atoms with Crippen LogP contribution in [0.3, 0.4) is 0 Å². The van der Waals surface area contributed by atoms with Gasteiger partial charge in [-0.15, -0.1) is 0 Å². The van der Waals surface area contributed by atoms with E-state index in [-0.39, 0.29) is 5.69 Å². The third-order valence-corrected chi connectivity index (χ3v) is 4.11. The van der Waals surface area contributed by atoms with Gasteiger partial charge in [0.25, 0.3) is 5.69 Å². The summed E-state index contributed by atoms with van der Waals surface area (Å²) in [4.78, 5) is 19.5. The summed E-state index contributed by atoms with van der Waals surface area (Å²) in [5, 5.41) is 21.4. The minimum Gasteiger partial charge on any atom is -0.340 e. The van der Waals surface area contributed by atoms with Crippen molar-refractivity contribution in [2.24, 2.45) is 7.05 Å². The molecule has 1 aromatic carbocycles. The summed E-state index contributed by atoms with van der Waals surface area (Å²) in [5.41, 5.74) is 2.46.